The molecule has 2 heterocycles. The summed E-state index contributed by atoms with van der Waals surface area (Å²) in [5.41, 5.74) is 10.6. The maximum atomic E-state index is 12.1. The second-order valence-electron chi connectivity index (χ2n) is 12.2. The van der Waals surface area contributed by atoms with Gasteiger partial charge in [0.15, 0.2) is 0 Å². The van der Waals surface area contributed by atoms with Crippen LogP contribution in [0.1, 0.15) is 58.3 Å². The number of primary amides is 1. The second kappa shape index (κ2) is 17.9. The van der Waals surface area contributed by atoms with Crippen LogP contribution in [0.3, 0.4) is 0 Å². The van der Waals surface area contributed by atoms with E-state index in [1.807, 2.05) is 6.92 Å². The maximum absolute atomic E-state index is 12.1. The number of ketones is 1. The predicted octanol–water partition coefficient (Wildman–Crippen LogP) is 4.45. The summed E-state index contributed by atoms with van der Waals surface area (Å²) in [7, 11) is 0. The van der Waals surface area contributed by atoms with Crippen LogP contribution >= 0.6 is 0 Å². The van der Waals surface area contributed by atoms with Crippen LogP contribution in [0.4, 0.5) is 4.79 Å². The molecule has 0 radical (unpaired) electrons. The molecule has 0 bridgehead atoms. The first-order chi connectivity index (χ1) is 21.4. The number of nitrogens with zero attached hydrogens (tertiary/aromatic N) is 2. The molecule has 1 aromatic rings. The standard InChI is InChI=1S/C23H43N5O4.C12H8/c1-2-26-22(30)19-7-6-13-28(18-19)12-5-3-4-8-20(29)17-25-11-16-27-14-9-21(10-15-27)32-23(24)31;1-2-4-9(5-3-1)11-7-6-10-8-12(10)11/h19,21,25H,2-18H2,1H3,(H2,24,31)(H,26,30);1-8H. The Morgan fingerprint density at radius 1 is 0.886 bits per heavy atom. The summed E-state index contributed by atoms with van der Waals surface area (Å²) < 4.78 is 5.04. The van der Waals surface area contributed by atoms with E-state index in [4.69, 9.17) is 10.5 Å². The van der Waals surface area contributed by atoms with E-state index >= 15 is 0 Å². The third-order valence-corrected chi connectivity index (χ3v) is 8.73. The molecule has 1 atom stereocenters. The number of fused-ring (bicyclic) bond motifs is 1. The zero-order chi connectivity index (χ0) is 31.1. The number of amides is 2. The second-order valence-corrected chi connectivity index (χ2v) is 12.2. The number of piperidine rings is 2. The predicted molar refractivity (Wildman–Crippen MR) is 175 cm³/mol. The smallest absolute Gasteiger partial charge is 0.404 e. The fourth-order valence-corrected chi connectivity index (χ4v) is 6.22. The van der Waals surface area contributed by atoms with E-state index in [0.29, 0.717) is 19.5 Å². The van der Waals surface area contributed by atoms with Crippen LogP contribution < -0.4 is 16.4 Å². The summed E-state index contributed by atoms with van der Waals surface area (Å²) in [6.07, 6.45) is 6.64. The number of hydrogen-bond donors (Lipinski definition) is 3. The third-order valence-electron chi connectivity index (χ3n) is 8.73. The highest BCUT2D eigenvalue weighted by Gasteiger charge is 2.25. The quantitative estimate of drug-likeness (QED) is 0.219. The molecule has 44 heavy (non-hydrogen) atoms. The van der Waals surface area contributed by atoms with E-state index in [1.165, 1.54) is 22.3 Å². The summed E-state index contributed by atoms with van der Waals surface area (Å²) in [6.45, 7) is 9.50. The van der Waals surface area contributed by atoms with Gasteiger partial charge in [-0.05, 0) is 86.9 Å². The van der Waals surface area contributed by atoms with Gasteiger partial charge in [0.1, 0.15) is 11.9 Å². The van der Waals surface area contributed by atoms with E-state index in [1.54, 1.807) is 0 Å². The van der Waals surface area contributed by atoms with Gasteiger partial charge >= 0.3 is 6.09 Å². The molecule has 2 amide bonds. The van der Waals surface area contributed by atoms with Crippen LogP contribution in [0, 0.1) is 5.92 Å². The first-order valence-electron chi connectivity index (χ1n) is 16.5. The number of rotatable bonds is 15. The molecule has 2 aliphatic heterocycles. The van der Waals surface area contributed by atoms with Gasteiger partial charge in [-0.25, -0.2) is 4.79 Å². The summed E-state index contributed by atoms with van der Waals surface area (Å²) >= 11 is 0. The van der Waals surface area contributed by atoms with Crippen molar-refractivity contribution < 1.29 is 19.1 Å². The number of hydrogen-bond acceptors (Lipinski definition) is 7. The number of unbranched alkanes of at least 4 members (excludes halogenated alkanes) is 2. The minimum Gasteiger partial charge on any atom is -0.446 e. The van der Waals surface area contributed by atoms with Crippen molar-refractivity contribution in [3.05, 3.63) is 48.5 Å². The molecule has 2 aliphatic carbocycles. The lowest BCUT2D eigenvalue weighted by atomic mass is 9.97. The average Bonchev–Trinajstić information content (AvgIpc) is 3.69. The fourth-order valence-electron chi connectivity index (χ4n) is 6.22. The third kappa shape index (κ3) is 11.3. The first kappa shape index (κ1) is 33.6. The van der Waals surface area contributed by atoms with Gasteiger partial charge in [-0.15, -0.1) is 0 Å². The molecule has 5 rings (SSSR count). The average molecular weight is 606 g/mol. The molecule has 0 spiro atoms. The highest BCUT2D eigenvalue weighted by Crippen LogP contribution is 2.43. The molecule has 1 aromatic carbocycles. The lowest BCUT2D eigenvalue weighted by molar-refractivity contribution is -0.126. The van der Waals surface area contributed by atoms with Gasteiger partial charge < -0.3 is 30.9 Å². The Balaban J connectivity index is 0.000000300. The zero-order valence-electron chi connectivity index (χ0n) is 26.4. The number of Topliss-reactive ketones (excluding diaryl/α,β-unsaturated/α-hetero) is 1. The van der Waals surface area contributed by atoms with Crippen LogP contribution in [0.25, 0.3) is 22.3 Å². The number of nitrogens with one attached hydrogen (secondary N) is 2. The van der Waals surface area contributed by atoms with E-state index in [9.17, 15) is 14.4 Å². The molecule has 9 heteroatoms. The van der Waals surface area contributed by atoms with Crippen molar-refractivity contribution in [1.29, 1.82) is 0 Å². The number of carbonyl (C=O) groups excluding carboxylic acids is 3. The minimum absolute atomic E-state index is 0.0600. The number of nitrogens with two attached hydrogens (primary N) is 1. The molecule has 2 saturated heterocycles. The molecule has 240 valence electrons. The van der Waals surface area contributed by atoms with Gasteiger partial charge in [0, 0.05) is 45.7 Å². The number of benzene rings is 2. The highest BCUT2D eigenvalue weighted by atomic mass is 16.6. The lowest BCUT2D eigenvalue weighted by Gasteiger charge is -2.31. The van der Waals surface area contributed by atoms with Crippen molar-refractivity contribution in [2.45, 2.75) is 64.4 Å². The van der Waals surface area contributed by atoms with Crippen LogP contribution in [-0.4, -0.2) is 92.6 Å². The van der Waals surface area contributed by atoms with Gasteiger partial charge in [-0.2, -0.15) is 0 Å². The molecule has 0 saturated carbocycles. The molecule has 2 fully saturated rings. The molecule has 4 N–H and O–H groups in total. The Morgan fingerprint density at radius 2 is 1.68 bits per heavy atom. The maximum Gasteiger partial charge on any atom is 0.404 e. The van der Waals surface area contributed by atoms with Crippen LogP contribution in [-0.2, 0) is 14.3 Å². The van der Waals surface area contributed by atoms with Gasteiger partial charge in [0.05, 0.1) is 12.5 Å². The van der Waals surface area contributed by atoms with E-state index in [0.717, 1.165) is 90.8 Å². The van der Waals surface area contributed by atoms with E-state index in [2.05, 4.69) is 69.0 Å². The van der Waals surface area contributed by atoms with Gasteiger partial charge in [0.2, 0.25) is 5.91 Å². The molecule has 0 aromatic heterocycles. The Labute approximate surface area is 262 Å². The molecule has 1 unspecified atom stereocenters. The van der Waals surface area contributed by atoms with Crippen molar-refractivity contribution in [1.82, 2.24) is 20.4 Å². The fraction of sp³-hybridized carbons (Fsp3) is 0.571. The number of likely N-dealkylation sites (tertiary alicyclic amines) is 2. The normalized spacial score (nSPS) is 18.2. The number of ether oxygens (including phenoxy) is 1. The Bertz CT molecular complexity index is 1200. The van der Waals surface area contributed by atoms with Crippen LogP contribution in [0.15, 0.2) is 48.5 Å². The van der Waals surface area contributed by atoms with Crippen molar-refractivity contribution in [2.75, 3.05) is 58.9 Å². The van der Waals surface area contributed by atoms with Crippen molar-refractivity contribution in [3.63, 3.8) is 0 Å². The monoisotopic (exact) mass is 605 g/mol. The summed E-state index contributed by atoms with van der Waals surface area (Å²) in [6, 6.07) is 17.1. The molecule has 4 aliphatic rings. The topological polar surface area (TPSA) is 117 Å². The Hall–Kier alpha value is -3.27. The largest absolute Gasteiger partial charge is 0.446 e. The van der Waals surface area contributed by atoms with Crippen molar-refractivity contribution >= 4 is 17.8 Å². The SMILES string of the molecule is CCNC(=O)C1CCCN(CCCCCC(=O)CNCCN2CCC(OC(N)=O)CC2)C1.c1ccc(-c2ccc3cc2-3)cc1. The first-order valence-corrected chi connectivity index (χ1v) is 16.5. The summed E-state index contributed by atoms with van der Waals surface area (Å²) in [4.78, 5) is 39.6. The van der Waals surface area contributed by atoms with Crippen molar-refractivity contribution in [2.24, 2.45) is 11.7 Å². The highest BCUT2D eigenvalue weighted by molar-refractivity contribution is 5.95. The van der Waals surface area contributed by atoms with Crippen molar-refractivity contribution in [3.8, 4) is 22.3 Å². The van der Waals surface area contributed by atoms with E-state index < -0.39 is 6.09 Å². The van der Waals surface area contributed by atoms with Crippen LogP contribution in [0.2, 0.25) is 0 Å². The lowest BCUT2D eigenvalue weighted by Crippen LogP contribution is -2.43. The van der Waals surface area contributed by atoms with E-state index in [-0.39, 0.29) is 23.7 Å². The molecular weight excluding hydrogens is 554 g/mol. The zero-order valence-corrected chi connectivity index (χ0v) is 26.4. The Kier molecular flexibility index (Phi) is 13.7. The van der Waals surface area contributed by atoms with Gasteiger partial charge in [0.25, 0.3) is 0 Å². The number of carbonyl (C=O) groups is 3. The minimum atomic E-state index is -0.694. The summed E-state index contributed by atoms with van der Waals surface area (Å²) in [5.74, 6) is 0.593. The van der Waals surface area contributed by atoms with Gasteiger partial charge in [-0.3, -0.25) is 9.59 Å². The molecular formula is C35H51N5O4. The molecule has 9 nitrogen and oxygen atoms in total. The van der Waals surface area contributed by atoms with Crippen LogP contribution in [0.5, 0.6) is 0 Å². The summed E-state index contributed by atoms with van der Waals surface area (Å²) in [5, 5.41) is 6.19. The van der Waals surface area contributed by atoms with Gasteiger partial charge in [-0.1, -0.05) is 48.9 Å². The Morgan fingerprint density at radius 3 is 2.36 bits per heavy atom.